The third-order valence-corrected chi connectivity index (χ3v) is 2.34. The molecule has 1 aliphatic rings. The minimum atomic E-state index is 0.0373. The molecule has 1 heterocycles. The quantitative estimate of drug-likeness (QED) is 0.231. The fraction of sp³-hybridized carbons (Fsp3) is 0.875. The first kappa shape index (κ1) is 11.2. The van der Waals surface area contributed by atoms with Crippen LogP contribution in [0.2, 0.25) is 0 Å². The minimum Gasteiger partial charge on any atom is -0.409 e. The predicted molar refractivity (Wildman–Crippen MR) is 51.3 cm³/mol. The molecule has 82 valence electrons. The van der Waals surface area contributed by atoms with E-state index >= 15 is 0 Å². The van der Waals surface area contributed by atoms with E-state index in [4.69, 9.17) is 20.8 Å². The molecule has 1 rings (SSSR count). The van der Waals surface area contributed by atoms with E-state index in [-0.39, 0.29) is 18.5 Å². The highest BCUT2D eigenvalue weighted by atomic mass is 16.5. The predicted octanol–water partition coefficient (Wildman–Crippen LogP) is -1.18. The number of hydrogen-bond acceptors (Lipinski definition) is 5. The number of nitrogens with two attached hydrogens (primary N) is 1. The maximum Gasteiger partial charge on any atom is 0.140 e. The first-order valence-corrected chi connectivity index (χ1v) is 4.67. The van der Waals surface area contributed by atoms with Gasteiger partial charge in [-0.15, -0.1) is 0 Å². The van der Waals surface area contributed by atoms with Gasteiger partial charge in [-0.25, -0.2) is 0 Å². The molecule has 1 fully saturated rings. The lowest BCUT2D eigenvalue weighted by Crippen LogP contribution is -2.48. The lowest BCUT2D eigenvalue weighted by atomic mass is 10.2. The number of nitrogens with zero attached hydrogens (tertiary/aromatic N) is 2. The van der Waals surface area contributed by atoms with Crippen LogP contribution in [0.1, 0.15) is 6.42 Å². The van der Waals surface area contributed by atoms with Gasteiger partial charge in [0.1, 0.15) is 5.84 Å². The Morgan fingerprint density at radius 2 is 2.43 bits per heavy atom. The molecule has 1 atom stereocenters. The third kappa shape index (κ3) is 3.13. The van der Waals surface area contributed by atoms with Crippen LogP contribution in [0.5, 0.6) is 0 Å². The van der Waals surface area contributed by atoms with Crippen molar-refractivity contribution >= 4 is 5.84 Å². The van der Waals surface area contributed by atoms with Gasteiger partial charge in [-0.2, -0.15) is 0 Å². The summed E-state index contributed by atoms with van der Waals surface area (Å²) in [4.78, 5) is 2.08. The Morgan fingerprint density at radius 3 is 3.07 bits per heavy atom. The van der Waals surface area contributed by atoms with Crippen LogP contribution in [0.15, 0.2) is 5.16 Å². The Kier molecular flexibility index (Phi) is 4.64. The number of aliphatic hydroxyl groups is 1. The highest BCUT2D eigenvalue weighted by Gasteiger charge is 2.21. The Balaban J connectivity index is 2.33. The van der Waals surface area contributed by atoms with Crippen LogP contribution >= 0.6 is 0 Å². The highest BCUT2D eigenvalue weighted by molar-refractivity contribution is 5.79. The van der Waals surface area contributed by atoms with E-state index in [0.717, 1.165) is 6.54 Å². The van der Waals surface area contributed by atoms with Crippen molar-refractivity contribution in [3.05, 3.63) is 0 Å². The smallest absolute Gasteiger partial charge is 0.140 e. The Bertz CT molecular complexity index is 198. The van der Waals surface area contributed by atoms with Crippen LogP contribution < -0.4 is 5.73 Å². The van der Waals surface area contributed by atoms with E-state index in [1.165, 1.54) is 0 Å². The second-order valence-electron chi connectivity index (χ2n) is 3.29. The third-order valence-electron chi connectivity index (χ3n) is 2.34. The van der Waals surface area contributed by atoms with Crippen molar-refractivity contribution < 1.29 is 15.1 Å². The summed E-state index contributed by atoms with van der Waals surface area (Å²) in [5.41, 5.74) is 5.36. The van der Waals surface area contributed by atoms with Crippen LogP contribution in [0, 0.1) is 0 Å². The average Bonchev–Trinajstić information content (AvgIpc) is 2.26. The maximum absolute atomic E-state index is 9.05. The molecule has 0 aliphatic carbocycles. The second-order valence-corrected chi connectivity index (χ2v) is 3.29. The first-order valence-electron chi connectivity index (χ1n) is 4.67. The van der Waals surface area contributed by atoms with Crippen molar-refractivity contribution in [3.8, 4) is 0 Å². The van der Waals surface area contributed by atoms with E-state index in [0.29, 0.717) is 26.2 Å². The topological polar surface area (TPSA) is 91.3 Å². The molecule has 0 saturated carbocycles. The van der Waals surface area contributed by atoms with Crippen molar-refractivity contribution in [1.29, 1.82) is 0 Å². The van der Waals surface area contributed by atoms with Gasteiger partial charge in [0.15, 0.2) is 0 Å². The normalized spacial score (nSPS) is 25.2. The molecule has 0 aromatic carbocycles. The van der Waals surface area contributed by atoms with Crippen molar-refractivity contribution in [3.63, 3.8) is 0 Å². The Morgan fingerprint density at radius 1 is 1.64 bits per heavy atom. The van der Waals surface area contributed by atoms with Crippen LogP contribution in [0.25, 0.3) is 0 Å². The van der Waals surface area contributed by atoms with Gasteiger partial charge in [-0.05, 0) is 0 Å². The molecule has 14 heavy (non-hydrogen) atoms. The van der Waals surface area contributed by atoms with Gasteiger partial charge in [0.2, 0.25) is 0 Å². The molecule has 6 heteroatoms. The molecule has 1 aliphatic heterocycles. The SMILES string of the molecule is NC(CCN1CCOCC1CO)=NO. The van der Waals surface area contributed by atoms with E-state index in [1.54, 1.807) is 0 Å². The summed E-state index contributed by atoms with van der Waals surface area (Å²) >= 11 is 0. The molecule has 1 saturated heterocycles. The molecule has 1 unspecified atom stereocenters. The zero-order chi connectivity index (χ0) is 10.4. The van der Waals surface area contributed by atoms with Gasteiger partial charge < -0.3 is 20.8 Å². The van der Waals surface area contributed by atoms with Crippen molar-refractivity contribution in [2.24, 2.45) is 10.9 Å². The van der Waals surface area contributed by atoms with Crippen molar-refractivity contribution in [2.75, 3.05) is 32.9 Å². The molecule has 0 bridgehead atoms. The zero-order valence-corrected chi connectivity index (χ0v) is 8.09. The zero-order valence-electron chi connectivity index (χ0n) is 8.09. The van der Waals surface area contributed by atoms with Crippen molar-refractivity contribution in [1.82, 2.24) is 4.90 Å². The van der Waals surface area contributed by atoms with Gasteiger partial charge in [0.25, 0.3) is 0 Å². The number of oxime groups is 1. The summed E-state index contributed by atoms with van der Waals surface area (Å²) in [6.07, 6.45) is 0.507. The average molecular weight is 203 g/mol. The Hall–Kier alpha value is -0.850. The van der Waals surface area contributed by atoms with Gasteiger partial charge in [-0.3, -0.25) is 4.90 Å². The Labute approximate surface area is 82.9 Å². The van der Waals surface area contributed by atoms with E-state index in [9.17, 15) is 0 Å². The molecule has 0 radical (unpaired) electrons. The van der Waals surface area contributed by atoms with Crippen LogP contribution in [0.3, 0.4) is 0 Å². The summed E-state index contributed by atoms with van der Waals surface area (Å²) in [6, 6.07) is 0.0373. The van der Waals surface area contributed by atoms with E-state index in [1.807, 2.05) is 0 Å². The molecule has 4 N–H and O–H groups in total. The van der Waals surface area contributed by atoms with Crippen molar-refractivity contribution in [2.45, 2.75) is 12.5 Å². The summed E-state index contributed by atoms with van der Waals surface area (Å²) in [5, 5.41) is 20.3. The number of aliphatic hydroxyl groups excluding tert-OH is 1. The number of hydrogen-bond donors (Lipinski definition) is 3. The molecule has 0 amide bonds. The largest absolute Gasteiger partial charge is 0.409 e. The molecule has 0 spiro atoms. The summed E-state index contributed by atoms with van der Waals surface area (Å²) in [6.45, 7) is 2.77. The van der Waals surface area contributed by atoms with E-state index < -0.39 is 0 Å². The fourth-order valence-corrected chi connectivity index (χ4v) is 1.46. The monoisotopic (exact) mass is 203 g/mol. The number of morpholine rings is 1. The second kappa shape index (κ2) is 5.79. The number of ether oxygens (including phenoxy) is 1. The molecular formula is C8H17N3O3. The molecule has 6 nitrogen and oxygen atoms in total. The van der Waals surface area contributed by atoms with Gasteiger partial charge in [-0.1, -0.05) is 5.16 Å². The van der Waals surface area contributed by atoms with Crippen LogP contribution in [-0.4, -0.2) is 60.0 Å². The first-order chi connectivity index (χ1) is 6.77. The lowest BCUT2D eigenvalue weighted by molar-refractivity contribution is -0.0261. The van der Waals surface area contributed by atoms with Gasteiger partial charge in [0, 0.05) is 19.5 Å². The standard InChI is InChI=1S/C8H17N3O3/c9-8(10-13)1-2-11-3-4-14-6-7(11)5-12/h7,12-13H,1-6H2,(H2,9,10). The van der Waals surface area contributed by atoms with Gasteiger partial charge in [0.05, 0.1) is 25.9 Å². The van der Waals surface area contributed by atoms with Gasteiger partial charge >= 0.3 is 0 Å². The fourth-order valence-electron chi connectivity index (χ4n) is 1.46. The molecule has 0 aromatic heterocycles. The highest BCUT2D eigenvalue weighted by Crippen LogP contribution is 2.06. The van der Waals surface area contributed by atoms with Crippen LogP contribution in [0.4, 0.5) is 0 Å². The van der Waals surface area contributed by atoms with E-state index in [2.05, 4.69) is 10.1 Å². The summed E-state index contributed by atoms with van der Waals surface area (Å²) < 4.78 is 5.22. The number of amidine groups is 1. The number of rotatable bonds is 4. The van der Waals surface area contributed by atoms with Crippen LogP contribution in [-0.2, 0) is 4.74 Å². The minimum absolute atomic E-state index is 0.0373. The maximum atomic E-state index is 9.05. The molecular weight excluding hydrogens is 186 g/mol. The lowest BCUT2D eigenvalue weighted by Gasteiger charge is -2.34. The summed E-state index contributed by atoms with van der Waals surface area (Å²) in [7, 11) is 0. The summed E-state index contributed by atoms with van der Waals surface area (Å²) in [5.74, 6) is 0.216. The molecule has 0 aromatic rings.